The lowest BCUT2D eigenvalue weighted by Crippen LogP contribution is -2.47. The van der Waals surface area contributed by atoms with Gasteiger partial charge in [0.1, 0.15) is 11.6 Å². The number of rotatable bonds is 4. The average molecular weight is 298 g/mol. The molecule has 0 bridgehead atoms. The van der Waals surface area contributed by atoms with Crippen molar-refractivity contribution < 1.29 is 18.3 Å². The van der Waals surface area contributed by atoms with Gasteiger partial charge in [-0.3, -0.25) is 4.79 Å². The van der Waals surface area contributed by atoms with Crippen LogP contribution in [0.25, 0.3) is 0 Å². The Balaban J connectivity index is 1.97. The van der Waals surface area contributed by atoms with Crippen molar-refractivity contribution in [2.45, 2.75) is 31.8 Å². The molecule has 0 aliphatic carbocycles. The first-order valence-electron chi connectivity index (χ1n) is 7.07. The first kappa shape index (κ1) is 15.9. The van der Waals surface area contributed by atoms with E-state index in [-0.39, 0.29) is 17.4 Å². The molecule has 2 rings (SSSR count). The van der Waals surface area contributed by atoms with Crippen molar-refractivity contribution in [1.82, 2.24) is 5.32 Å². The van der Waals surface area contributed by atoms with E-state index in [1.165, 1.54) is 12.1 Å². The van der Waals surface area contributed by atoms with Crippen LogP contribution in [0.2, 0.25) is 0 Å². The van der Waals surface area contributed by atoms with Crippen molar-refractivity contribution in [2.75, 3.05) is 13.2 Å². The van der Waals surface area contributed by atoms with Gasteiger partial charge in [-0.2, -0.15) is 0 Å². The van der Waals surface area contributed by atoms with Crippen LogP contribution in [0, 0.1) is 17.6 Å². The summed E-state index contributed by atoms with van der Waals surface area (Å²) in [4.78, 5) is 12.1. The van der Waals surface area contributed by atoms with Crippen molar-refractivity contribution >= 4 is 5.91 Å². The molecule has 2 unspecified atom stereocenters. The molecule has 6 heteroatoms. The number of benzene rings is 1. The quantitative estimate of drug-likeness (QED) is 0.892. The van der Waals surface area contributed by atoms with E-state index in [1.54, 1.807) is 6.92 Å². The first-order chi connectivity index (χ1) is 9.99. The second-order valence-electron chi connectivity index (χ2n) is 5.37. The summed E-state index contributed by atoms with van der Waals surface area (Å²) in [5.74, 6) is -1.57. The smallest absolute Gasteiger partial charge is 0.237 e. The second-order valence-corrected chi connectivity index (χ2v) is 5.37. The van der Waals surface area contributed by atoms with Gasteiger partial charge in [0.05, 0.1) is 12.1 Å². The van der Waals surface area contributed by atoms with E-state index in [9.17, 15) is 13.6 Å². The summed E-state index contributed by atoms with van der Waals surface area (Å²) in [5, 5.41) is 2.69. The number of ether oxygens (including phenoxy) is 1. The number of amides is 1. The number of nitrogens with two attached hydrogens (primary N) is 1. The fraction of sp³-hybridized carbons (Fsp3) is 0.533. The van der Waals surface area contributed by atoms with E-state index in [2.05, 4.69) is 5.32 Å². The molecule has 116 valence electrons. The van der Waals surface area contributed by atoms with Gasteiger partial charge in [-0.1, -0.05) is 6.07 Å². The molecule has 1 amide bonds. The molecule has 3 N–H and O–H groups in total. The maximum Gasteiger partial charge on any atom is 0.237 e. The highest BCUT2D eigenvalue weighted by Crippen LogP contribution is 2.20. The minimum absolute atomic E-state index is 0.0732. The van der Waals surface area contributed by atoms with Gasteiger partial charge in [-0.25, -0.2) is 8.78 Å². The zero-order valence-electron chi connectivity index (χ0n) is 11.9. The molecule has 0 radical (unpaired) electrons. The fourth-order valence-electron chi connectivity index (χ4n) is 2.53. The van der Waals surface area contributed by atoms with Crippen LogP contribution in [0.5, 0.6) is 0 Å². The molecule has 1 aromatic carbocycles. The van der Waals surface area contributed by atoms with Crippen molar-refractivity contribution in [3.63, 3.8) is 0 Å². The SMILES string of the molecule is CC(NC(=O)C(N)C1CCOCC1)c1ccc(F)cc1F. The largest absolute Gasteiger partial charge is 0.381 e. The number of hydrogen-bond acceptors (Lipinski definition) is 3. The molecule has 1 aliphatic heterocycles. The van der Waals surface area contributed by atoms with Crippen molar-refractivity contribution in [1.29, 1.82) is 0 Å². The summed E-state index contributed by atoms with van der Waals surface area (Å²) in [5.41, 5.74) is 6.20. The molecule has 1 saturated heterocycles. The van der Waals surface area contributed by atoms with Gasteiger partial charge in [0, 0.05) is 24.8 Å². The Morgan fingerprint density at radius 1 is 1.38 bits per heavy atom. The fourth-order valence-corrected chi connectivity index (χ4v) is 2.53. The number of halogens is 2. The third-order valence-corrected chi connectivity index (χ3v) is 3.86. The maximum atomic E-state index is 13.7. The lowest BCUT2D eigenvalue weighted by molar-refractivity contribution is -0.125. The minimum Gasteiger partial charge on any atom is -0.381 e. The molecular formula is C15H20F2N2O2. The van der Waals surface area contributed by atoms with E-state index in [0.29, 0.717) is 13.2 Å². The van der Waals surface area contributed by atoms with Crippen LogP contribution in [0.1, 0.15) is 31.4 Å². The van der Waals surface area contributed by atoms with Gasteiger partial charge in [-0.15, -0.1) is 0 Å². The van der Waals surface area contributed by atoms with E-state index in [0.717, 1.165) is 18.9 Å². The van der Waals surface area contributed by atoms with Crippen LogP contribution in [0.3, 0.4) is 0 Å². The molecule has 2 atom stereocenters. The normalized spacial score (nSPS) is 19.0. The lowest BCUT2D eigenvalue weighted by atomic mass is 9.91. The first-order valence-corrected chi connectivity index (χ1v) is 7.07. The van der Waals surface area contributed by atoms with E-state index >= 15 is 0 Å². The molecule has 1 aromatic rings. The highest BCUT2D eigenvalue weighted by molar-refractivity contribution is 5.82. The van der Waals surface area contributed by atoms with Gasteiger partial charge in [-0.05, 0) is 31.7 Å². The second kappa shape index (κ2) is 6.95. The van der Waals surface area contributed by atoms with Crippen LogP contribution in [-0.4, -0.2) is 25.2 Å². The summed E-state index contributed by atoms with van der Waals surface area (Å²) in [7, 11) is 0. The molecule has 1 fully saturated rings. The summed E-state index contributed by atoms with van der Waals surface area (Å²) in [6.45, 7) is 2.85. The molecule has 1 heterocycles. The third-order valence-electron chi connectivity index (χ3n) is 3.86. The van der Waals surface area contributed by atoms with Gasteiger partial charge in [0.25, 0.3) is 0 Å². The average Bonchev–Trinajstić information content (AvgIpc) is 2.47. The highest BCUT2D eigenvalue weighted by Gasteiger charge is 2.27. The van der Waals surface area contributed by atoms with Crippen molar-refractivity contribution in [2.24, 2.45) is 11.7 Å². The minimum atomic E-state index is -0.678. The van der Waals surface area contributed by atoms with E-state index in [4.69, 9.17) is 10.5 Å². The summed E-state index contributed by atoms with van der Waals surface area (Å²) in [6, 6.07) is 2.09. The zero-order chi connectivity index (χ0) is 15.4. The van der Waals surface area contributed by atoms with Crippen LogP contribution in [0.4, 0.5) is 8.78 Å². The number of nitrogens with one attached hydrogen (secondary N) is 1. The van der Waals surface area contributed by atoms with Gasteiger partial charge in [0.2, 0.25) is 5.91 Å². The van der Waals surface area contributed by atoms with Crippen molar-refractivity contribution in [3.05, 3.63) is 35.4 Å². The molecule has 21 heavy (non-hydrogen) atoms. The van der Waals surface area contributed by atoms with E-state index in [1.807, 2.05) is 0 Å². The molecule has 0 aromatic heterocycles. The standard InChI is InChI=1S/C15H20F2N2O2/c1-9(12-3-2-11(16)8-13(12)17)19-15(20)14(18)10-4-6-21-7-5-10/h2-3,8-10,14H,4-7,18H2,1H3,(H,19,20). The Hall–Kier alpha value is -1.53. The Morgan fingerprint density at radius 2 is 2.05 bits per heavy atom. The molecule has 1 aliphatic rings. The summed E-state index contributed by atoms with van der Waals surface area (Å²) < 4.78 is 31.8. The van der Waals surface area contributed by atoms with Crippen LogP contribution >= 0.6 is 0 Å². The van der Waals surface area contributed by atoms with E-state index < -0.39 is 23.7 Å². The Bertz CT molecular complexity index is 504. The number of hydrogen-bond donors (Lipinski definition) is 2. The predicted molar refractivity (Wildman–Crippen MR) is 74.4 cm³/mol. The predicted octanol–water partition coefficient (Wildman–Crippen LogP) is 1.90. The lowest BCUT2D eigenvalue weighted by Gasteiger charge is -2.28. The van der Waals surface area contributed by atoms with Crippen LogP contribution < -0.4 is 11.1 Å². The Labute approximate surface area is 122 Å². The zero-order valence-corrected chi connectivity index (χ0v) is 11.9. The topological polar surface area (TPSA) is 64.4 Å². The molecular weight excluding hydrogens is 278 g/mol. The third kappa shape index (κ3) is 3.98. The maximum absolute atomic E-state index is 13.7. The number of carbonyl (C=O) groups is 1. The monoisotopic (exact) mass is 298 g/mol. The Morgan fingerprint density at radius 3 is 2.67 bits per heavy atom. The summed E-state index contributed by atoms with van der Waals surface area (Å²) >= 11 is 0. The van der Waals surface area contributed by atoms with Crippen LogP contribution in [0.15, 0.2) is 18.2 Å². The van der Waals surface area contributed by atoms with Crippen molar-refractivity contribution in [3.8, 4) is 0 Å². The van der Waals surface area contributed by atoms with Gasteiger partial charge < -0.3 is 15.8 Å². The Kier molecular flexibility index (Phi) is 5.25. The summed E-state index contributed by atoms with van der Waals surface area (Å²) in [6.07, 6.45) is 1.49. The van der Waals surface area contributed by atoms with Gasteiger partial charge in [0.15, 0.2) is 0 Å². The highest BCUT2D eigenvalue weighted by atomic mass is 19.1. The molecule has 0 saturated carbocycles. The number of carbonyl (C=O) groups excluding carboxylic acids is 1. The van der Waals surface area contributed by atoms with Gasteiger partial charge >= 0.3 is 0 Å². The molecule has 0 spiro atoms. The molecule has 4 nitrogen and oxygen atoms in total. The van der Waals surface area contributed by atoms with Crippen LogP contribution in [-0.2, 0) is 9.53 Å².